The van der Waals surface area contributed by atoms with Crippen LogP contribution < -0.4 is 5.32 Å². The van der Waals surface area contributed by atoms with Gasteiger partial charge in [0.25, 0.3) is 5.91 Å². The van der Waals surface area contributed by atoms with Crippen LogP contribution in [0.1, 0.15) is 21.1 Å². The average Bonchev–Trinajstić information content (AvgIpc) is 3.52. The molecule has 1 N–H and O–H groups in total. The van der Waals surface area contributed by atoms with Crippen LogP contribution in [0, 0.1) is 6.92 Å². The Morgan fingerprint density at radius 2 is 1.83 bits per heavy atom. The normalized spacial score (nSPS) is 10.9. The number of aromatic nitrogens is 5. The Balaban J connectivity index is 1.36. The number of hydrogen-bond donors (Lipinski definition) is 1. The molecule has 2 aromatic carbocycles. The van der Waals surface area contributed by atoms with Crippen LogP contribution in [0.5, 0.6) is 0 Å². The Morgan fingerprint density at radius 3 is 2.60 bits per heavy atom. The van der Waals surface area contributed by atoms with Crippen molar-refractivity contribution in [2.45, 2.75) is 17.8 Å². The third kappa shape index (κ3) is 5.27. The molecule has 0 unspecified atom stereocenters. The largest absolute Gasteiger partial charge is 0.321 e. The summed E-state index contributed by atoms with van der Waals surface area (Å²) in [6.07, 6.45) is 3.43. The molecule has 0 spiro atoms. The molecule has 10 heteroatoms. The molecule has 5 rings (SSSR count). The SMILES string of the molecule is Cc1ccc(NC(=O)c2csc(CSc3nnc(-c4ccncc4)n3-c3ccccc3Cl)n2)cc1. The molecule has 0 radical (unpaired) electrons. The first kappa shape index (κ1) is 23.2. The lowest BCUT2D eigenvalue weighted by Crippen LogP contribution is -2.12. The summed E-state index contributed by atoms with van der Waals surface area (Å²) in [6.45, 7) is 2.00. The molecule has 0 saturated carbocycles. The van der Waals surface area contributed by atoms with Crippen molar-refractivity contribution in [2.75, 3.05) is 5.32 Å². The Hall–Kier alpha value is -3.53. The van der Waals surface area contributed by atoms with Crippen molar-refractivity contribution < 1.29 is 4.79 Å². The Labute approximate surface area is 215 Å². The number of nitrogens with zero attached hydrogens (tertiary/aromatic N) is 5. The fourth-order valence-corrected chi connectivity index (χ4v) is 5.30. The van der Waals surface area contributed by atoms with Crippen LogP contribution in [0.15, 0.2) is 83.6 Å². The highest BCUT2D eigenvalue weighted by atomic mass is 35.5. The number of benzene rings is 2. The van der Waals surface area contributed by atoms with Crippen LogP contribution in [-0.4, -0.2) is 30.6 Å². The van der Waals surface area contributed by atoms with E-state index in [0.717, 1.165) is 27.5 Å². The maximum Gasteiger partial charge on any atom is 0.275 e. The molecule has 0 bridgehead atoms. The van der Waals surface area contributed by atoms with E-state index in [-0.39, 0.29) is 5.91 Å². The van der Waals surface area contributed by atoms with Gasteiger partial charge in [-0.2, -0.15) is 0 Å². The van der Waals surface area contributed by atoms with Crippen molar-refractivity contribution in [3.05, 3.63) is 99.7 Å². The molecule has 3 aromatic heterocycles. The topological polar surface area (TPSA) is 85.6 Å². The molecule has 0 aliphatic carbocycles. The number of amides is 1. The molecule has 1 amide bonds. The second kappa shape index (κ2) is 10.4. The first-order valence-electron chi connectivity index (χ1n) is 10.6. The first-order valence-corrected chi connectivity index (χ1v) is 12.9. The number of para-hydroxylation sites is 1. The number of thioether (sulfide) groups is 1. The second-order valence-electron chi connectivity index (χ2n) is 7.56. The van der Waals surface area contributed by atoms with E-state index in [2.05, 4.69) is 25.5 Å². The Morgan fingerprint density at radius 1 is 1.06 bits per heavy atom. The van der Waals surface area contributed by atoms with Crippen LogP contribution in [0.2, 0.25) is 5.02 Å². The molecule has 3 heterocycles. The zero-order chi connectivity index (χ0) is 24.2. The zero-order valence-corrected chi connectivity index (χ0v) is 20.9. The Kier molecular flexibility index (Phi) is 6.89. The minimum atomic E-state index is -0.236. The first-order chi connectivity index (χ1) is 17.1. The van der Waals surface area contributed by atoms with Crippen molar-refractivity contribution >= 4 is 46.3 Å². The highest BCUT2D eigenvalue weighted by molar-refractivity contribution is 7.98. The molecule has 0 saturated heterocycles. The quantitative estimate of drug-likeness (QED) is 0.255. The third-order valence-electron chi connectivity index (χ3n) is 5.08. The minimum absolute atomic E-state index is 0.236. The molecule has 7 nitrogen and oxygen atoms in total. The van der Waals surface area contributed by atoms with E-state index in [4.69, 9.17) is 11.6 Å². The van der Waals surface area contributed by atoms with Gasteiger partial charge in [0.15, 0.2) is 11.0 Å². The fourth-order valence-electron chi connectivity index (χ4n) is 3.34. The number of carbonyl (C=O) groups is 1. The highest BCUT2D eigenvalue weighted by Gasteiger charge is 2.19. The van der Waals surface area contributed by atoms with Crippen LogP contribution in [0.25, 0.3) is 17.1 Å². The van der Waals surface area contributed by atoms with Crippen molar-refractivity contribution in [2.24, 2.45) is 0 Å². The fraction of sp³-hybridized carbons (Fsp3) is 0.0800. The predicted octanol–water partition coefficient (Wildman–Crippen LogP) is 6.29. The molecule has 5 aromatic rings. The van der Waals surface area contributed by atoms with Gasteiger partial charge in [0.2, 0.25) is 0 Å². The van der Waals surface area contributed by atoms with Gasteiger partial charge in [-0.05, 0) is 43.3 Å². The molecule has 0 aliphatic heterocycles. The summed E-state index contributed by atoms with van der Waals surface area (Å²) < 4.78 is 1.93. The lowest BCUT2D eigenvalue weighted by atomic mass is 10.2. The van der Waals surface area contributed by atoms with Crippen LogP contribution in [0.4, 0.5) is 5.69 Å². The number of pyridine rings is 1. The molecule has 0 atom stereocenters. The maximum absolute atomic E-state index is 12.6. The van der Waals surface area contributed by atoms with E-state index in [1.165, 1.54) is 23.1 Å². The van der Waals surface area contributed by atoms with Gasteiger partial charge in [-0.1, -0.05) is 53.2 Å². The standard InChI is InChI=1S/C25H19ClN6OS2/c1-16-6-8-18(9-7-16)28-24(33)20-14-34-22(29-20)15-35-25-31-30-23(17-10-12-27-13-11-17)32(25)21-5-3-2-4-19(21)26/h2-14H,15H2,1H3,(H,28,33). The molecule has 174 valence electrons. The number of carbonyl (C=O) groups excluding carboxylic acids is 1. The zero-order valence-electron chi connectivity index (χ0n) is 18.6. The molecule has 35 heavy (non-hydrogen) atoms. The van der Waals surface area contributed by atoms with Gasteiger partial charge < -0.3 is 5.32 Å². The number of thiazole rings is 1. The average molecular weight is 519 g/mol. The second-order valence-corrected chi connectivity index (χ2v) is 9.86. The van der Waals surface area contributed by atoms with Gasteiger partial charge in [0.1, 0.15) is 10.7 Å². The third-order valence-corrected chi connectivity index (χ3v) is 7.38. The number of halogens is 1. The van der Waals surface area contributed by atoms with Crippen molar-refractivity contribution in [3.63, 3.8) is 0 Å². The van der Waals surface area contributed by atoms with Crippen molar-refractivity contribution in [1.82, 2.24) is 24.7 Å². The number of hydrogen-bond acceptors (Lipinski definition) is 7. The summed E-state index contributed by atoms with van der Waals surface area (Å²) in [7, 11) is 0. The lowest BCUT2D eigenvalue weighted by molar-refractivity contribution is 0.102. The maximum atomic E-state index is 12.6. The predicted molar refractivity (Wildman–Crippen MR) is 140 cm³/mol. The van der Waals surface area contributed by atoms with E-state index < -0.39 is 0 Å². The van der Waals surface area contributed by atoms with Gasteiger partial charge >= 0.3 is 0 Å². The smallest absolute Gasteiger partial charge is 0.275 e. The molecule has 0 aliphatic rings. The minimum Gasteiger partial charge on any atom is -0.321 e. The summed E-state index contributed by atoms with van der Waals surface area (Å²) >= 11 is 9.44. The number of anilines is 1. The monoisotopic (exact) mass is 518 g/mol. The Bertz CT molecular complexity index is 1470. The van der Waals surface area contributed by atoms with Crippen molar-refractivity contribution in [3.8, 4) is 17.1 Å². The van der Waals surface area contributed by atoms with E-state index in [1.54, 1.807) is 17.8 Å². The van der Waals surface area contributed by atoms with Gasteiger partial charge in [0, 0.05) is 29.0 Å². The molecule has 0 fully saturated rings. The van der Waals surface area contributed by atoms with E-state index in [1.807, 2.05) is 72.2 Å². The molecular formula is C25H19ClN6OS2. The van der Waals surface area contributed by atoms with Gasteiger partial charge in [-0.25, -0.2) is 4.98 Å². The number of aryl methyl sites for hydroxylation is 1. The van der Waals surface area contributed by atoms with E-state index >= 15 is 0 Å². The van der Waals surface area contributed by atoms with Crippen LogP contribution in [-0.2, 0) is 5.75 Å². The summed E-state index contributed by atoms with van der Waals surface area (Å²) in [5, 5.41) is 15.6. The summed E-state index contributed by atoms with van der Waals surface area (Å²) in [4.78, 5) is 21.2. The highest BCUT2D eigenvalue weighted by Crippen LogP contribution is 2.33. The van der Waals surface area contributed by atoms with Crippen LogP contribution in [0.3, 0.4) is 0 Å². The summed E-state index contributed by atoms with van der Waals surface area (Å²) in [5.41, 5.74) is 3.92. The number of rotatable bonds is 7. The summed E-state index contributed by atoms with van der Waals surface area (Å²) in [5.74, 6) is 0.961. The summed E-state index contributed by atoms with van der Waals surface area (Å²) in [6, 6.07) is 19.0. The van der Waals surface area contributed by atoms with Gasteiger partial charge in [0.05, 0.1) is 16.5 Å². The van der Waals surface area contributed by atoms with Crippen molar-refractivity contribution in [1.29, 1.82) is 0 Å². The number of nitrogens with one attached hydrogen (secondary N) is 1. The van der Waals surface area contributed by atoms with Gasteiger partial charge in [-0.3, -0.25) is 14.3 Å². The molecular weight excluding hydrogens is 500 g/mol. The van der Waals surface area contributed by atoms with E-state index in [9.17, 15) is 4.79 Å². The van der Waals surface area contributed by atoms with Gasteiger partial charge in [-0.15, -0.1) is 21.5 Å². The lowest BCUT2D eigenvalue weighted by Gasteiger charge is -2.11. The van der Waals surface area contributed by atoms with Crippen LogP contribution >= 0.6 is 34.7 Å². The van der Waals surface area contributed by atoms with E-state index in [0.29, 0.717) is 27.5 Å².